The first kappa shape index (κ1) is 13.0. The summed E-state index contributed by atoms with van der Waals surface area (Å²) < 4.78 is 5.35. The standard InChI is InChI=1S/C12H16N2O3/c1-2-13-11(15)12(16)14-8-9-17-10-6-4-3-5-7-10/h3-7H,2,8-9H2,1H3,(H,13,15)(H,14,16). The Morgan fingerprint density at radius 3 is 2.41 bits per heavy atom. The molecule has 1 aromatic carbocycles. The van der Waals surface area contributed by atoms with Gasteiger partial charge in [0, 0.05) is 6.54 Å². The molecule has 92 valence electrons. The van der Waals surface area contributed by atoms with E-state index in [1.54, 1.807) is 6.92 Å². The highest BCUT2D eigenvalue weighted by atomic mass is 16.5. The van der Waals surface area contributed by atoms with Crippen molar-refractivity contribution in [2.45, 2.75) is 6.92 Å². The SMILES string of the molecule is CCNC(=O)C(=O)NCCOc1ccccc1. The third-order valence-electron chi connectivity index (χ3n) is 1.94. The maximum atomic E-state index is 11.2. The van der Waals surface area contributed by atoms with Gasteiger partial charge in [0.2, 0.25) is 0 Å². The largest absolute Gasteiger partial charge is 0.492 e. The lowest BCUT2D eigenvalue weighted by atomic mass is 10.3. The zero-order chi connectivity index (χ0) is 12.5. The Morgan fingerprint density at radius 1 is 1.12 bits per heavy atom. The van der Waals surface area contributed by atoms with Crippen LogP contribution in [0.4, 0.5) is 0 Å². The fraction of sp³-hybridized carbons (Fsp3) is 0.333. The number of hydrogen-bond acceptors (Lipinski definition) is 3. The molecule has 0 saturated heterocycles. The Bertz CT molecular complexity index is 365. The Kier molecular flexibility index (Phi) is 5.57. The summed E-state index contributed by atoms with van der Waals surface area (Å²) in [6, 6.07) is 9.27. The smallest absolute Gasteiger partial charge is 0.309 e. The molecular formula is C12H16N2O3. The van der Waals surface area contributed by atoms with Gasteiger partial charge in [-0.1, -0.05) is 18.2 Å². The molecule has 5 nitrogen and oxygen atoms in total. The van der Waals surface area contributed by atoms with Gasteiger partial charge in [0.15, 0.2) is 0 Å². The summed E-state index contributed by atoms with van der Waals surface area (Å²) in [6.07, 6.45) is 0. The van der Waals surface area contributed by atoms with Gasteiger partial charge in [0.05, 0.1) is 6.54 Å². The molecule has 0 saturated carbocycles. The summed E-state index contributed by atoms with van der Waals surface area (Å²) in [5, 5.41) is 4.87. The number of nitrogens with one attached hydrogen (secondary N) is 2. The minimum atomic E-state index is -0.636. The first-order chi connectivity index (χ1) is 8.24. The second-order valence-corrected chi connectivity index (χ2v) is 3.28. The molecule has 0 bridgehead atoms. The molecule has 0 aliphatic rings. The van der Waals surface area contributed by atoms with Gasteiger partial charge in [0.25, 0.3) is 0 Å². The van der Waals surface area contributed by atoms with Gasteiger partial charge in [-0.15, -0.1) is 0 Å². The van der Waals surface area contributed by atoms with E-state index in [1.165, 1.54) is 0 Å². The summed E-state index contributed by atoms with van der Waals surface area (Å²) in [4.78, 5) is 22.2. The third-order valence-corrected chi connectivity index (χ3v) is 1.94. The number of likely N-dealkylation sites (N-methyl/N-ethyl adjacent to an activating group) is 1. The fourth-order valence-electron chi connectivity index (χ4n) is 1.17. The molecule has 0 unspecified atom stereocenters. The second-order valence-electron chi connectivity index (χ2n) is 3.28. The Morgan fingerprint density at radius 2 is 1.76 bits per heavy atom. The van der Waals surface area contributed by atoms with Crippen molar-refractivity contribution in [3.63, 3.8) is 0 Å². The molecule has 5 heteroatoms. The van der Waals surface area contributed by atoms with Crippen molar-refractivity contribution in [2.75, 3.05) is 19.7 Å². The van der Waals surface area contributed by atoms with Crippen LogP contribution in [0.1, 0.15) is 6.92 Å². The Hall–Kier alpha value is -2.04. The van der Waals surface area contributed by atoms with E-state index in [1.807, 2.05) is 30.3 Å². The van der Waals surface area contributed by atoms with Crippen LogP contribution >= 0.6 is 0 Å². The molecule has 0 aromatic heterocycles. The molecule has 1 aromatic rings. The summed E-state index contributed by atoms with van der Waals surface area (Å²) in [7, 11) is 0. The molecule has 17 heavy (non-hydrogen) atoms. The van der Waals surface area contributed by atoms with E-state index in [2.05, 4.69) is 10.6 Å². The second kappa shape index (κ2) is 7.27. The molecule has 0 aliphatic carbocycles. The minimum Gasteiger partial charge on any atom is -0.492 e. The van der Waals surface area contributed by atoms with E-state index in [4.69, 9.17) is 4.74 Å². The van der Waals surface area contributed by atoms with Crippen molar-refractivity contribution < 1.29 is 14.3 Å². The summed E-state index contributed by atoms with van der Waals surface area (Å²) >= 11 is 0. The van der Waals surface area contributed by atoms with Crippen molar-refractivity contribution in [1.29, 1.82) is 0 Å². The lowest BCUT2D eigenvalue weighted by Gasteiger charge is -2.07. The fourth-order valence-corrected chi connectivity index (χ4v) is 1.17. The monoisotopic (exact) mass is 236 g/mol. The van der Waals surface area contributed by atoms with Crippen molar-refractivity contribution in [3.05, 3.63) is 30.3 Å². The van der Waals surface area contributed by atoms with Gasteiger partial charge in [-0.25, -0.2) is 0 Å². The number of ether oxygens (including phenoxy) is 1. The molecule has 1 rings (SSSR count). The summed E-state index contributed by atoms with van der Waals surface area (Å²) in [5.41, 5.74) is 0. The van der Waals surface area contributed by atoms with E-state index >= 15 is 0 Å². The van der Waals surface area contributed by atoms with Crippen LogP contribution in [0.3, 0.4) is 0 Å². The van der Waals surface area contributed by atoms with Gasteiger partial charge in [0.1, 0.15) is 12.4 Å². The van der Waals surface area contributed by atoms with E-state index in [-0.39, 0.29) is 0 Å². The highest BCUT2D eigenvalue weighted by molar-refractivity contribution is 6.35. The molecule has 0 aliphatic heterocycles. The summed E-state index contributed by atoms with van der Waals surface area (Å²) in [5.74, 6) is -0.518. The molecule has 0 atom stereocenters. The highest BCUT2D eigenvalue weighted by Gasteiger charge is 2.10. The van der Waals surface area contributed by atoms with E-state index in [0.717, 1.165) is 5.75 Å². The van der Waals surface area contributed by atoms with E-state index in [9.17, 15) is 9.59 Å². The van der Waals surface area contributed by atoms with Gasteiger partial charge in [-0.2, -0.15) is 0 Å². The van der Waals surface area contributed by atoms with Crippen LogP contribution in [0.2, 0.25) is 0 Å². The molecule has 0 radical (unpaired) electrons. The average Bonchev–Trinajstić information content (AvgIpc) is 2.36. The first-order valence-corrected chi connectivity index (χ1v) is 5.48. The van der Waals surface area contributed by atoms with Crippen molar-refractivity contribution >= 4 is 11.8 Å². The Balaban J connectivity index is 2.16. The molecule has 0 spiro atoms. The van der Waals surface area contributed by atoms with Crippen LogP contribution in [0.5, 0.6) is 5.75 Å². The number of rotatable bonds is 5. The summed E-state index contributed by atoms with van der Waals surface area (Å²) in [6.45, 7) is 2.82. The number of carbonyl (C=O) groups is 2. The maximum absolute atomic E-state index is 11.2. The number of carbonyl (C=O) groups excluding carboxylic acids is 2. The number of para-hydroxylation sites is 1. The van der Waals surface area contributed by atoms with Crippen LogP contribution < -0.4 is 15.4 Å². The third kappa shape index (κ3) is 5.01. The molecule has 2 N–H and O–H groups in total. The molecule has 0 fully saturated rings. The van der Waals surface area contributed by atoms with Crippen LogP contribution in [0.25, 0.3) is 0 Å². The van der Waals surface area contributed by atoms with Crippen LogP contribution in [-0.2, 0) is 9.59 Å². The Labute approximate surface area is 100 Å². The number of amides is 2. The maximum Gasteiger partial charge on any atom is 0.309 e. The van der Waals surface area contributed by atoms with E-state index in [0.29, 0.717) is 19.7 Å². The van der Waals surface area contributed by atoms with Gasteiger partial charge < -0.3 is 15.4 Å². The van der Waals surface area contributed by atoms with Crippen molar-refractivity contribution in [2.24, 2.45) is 0 Å². The highest BCUT2D eigenvalue weighted by Crippen LogP contribution is 2.07. The molecule has 2 amide bonds. The van der Waals surface area contributed by atoms with Gasteiger partial charge in [-0.05, 0) is 19.1 Å². The number of hydrogen-bond donors (Lipinski definition) is 2. The lowest BCUT2D eigenvalue weighted by Crippen LogP contribution is -2.41. The average molecular weight is 236 g/mol. The van der Waals surface area contributed by atoms with Crippen molar-refractivity contribution in [1.82, 2.24) is 10.6 Å². The first-order valence-electron chi connectivity index (χ1n) is 5.48. The minimum absolute atomic E-state index is 0.296. The van der Waals surface area contributed by atoms with Gasteiger partial charge in [-0.3, -0.25) is 9.59 Å². The van der Waals surface area contributed by atoms with E-state index < -0.39 is 11.8 Å². The topological polar surface area (TPSA) is 67.4 Å². The zero-order valence-corrected chi connectivity index (χ0v) is 9.73. The van der Waals surface area contributed by atoms with Crippen LogP contribution in [0, 0.1) is 0 Å². The van der Waals surface area contributed by atoms with Crippen molar-refractivity contribution in [3.8, 4) is 5.75 Å². The van der Waals surface area contributed by atoms with Crippen LogP contribution in [-0.4, -0.2) is 31.5 Å². The lowest BCUT2D eigenvalue weighted by molar-refractivity contribution is -0.139. The van der Waals surface area contributed by atoms with Crippen LogP contribution in [0.15, 0.2) is 30.3 Å². The predicted octanol–water partition coefficient (Wildman–Crippen LogP) is 0.318. The zero-order valence-electron chi connectivity index (χ0n) is 9.73. The van der Waals surface area contributed by atoms with Gasteiger partial charge >= 0.3 is 11.8 Å². The quantitative estimate of drug-likeness (QED) is 0.571. The molecule has 0 heterocycles. The predicted molar refractivity (Wildman–Crippen MR) is 63.6 cm³/mol. The molecular weight excluding hydrogens is 220 g/mol. The normalized spacial score (nSPS) is 9.47. The number of benzene rings is 1.